The summed E-state index contributed by atoms with van der Waals surface area (Å²) in [5.41, 5.74) is -0.762. The normalized spacial score (nSPS) is 42.4. The largest absolute Gasteiger partial charge is 0.389 e. The SMILES string of the molecule is CCCC1CC(C)(O)C(C)(C)C(C)O1. The van der Waals surface area contributed by atoms with E-state index in [0.717, 1.165) is 19.3 Å². The number of hydrogen-bond donors (Lipinski definition) is 1. The lowest BCUT2D eigenvalue weighted by molar-refractivity contribution is -0.213. The van der Waals surface area contributed by atoms with Gasteiger partial charge in [0.05, 0.1) is 17.8 Å². The van der Waals surface area contributed by atoms with Gasteiger partial charge in [-0.15, -0.1) is 0 Å². The molecule has 0 aromatic carbocycles. The Morgan fingerprint density at radius 1 is 1.36 bits per heavy atom. The van der Waals surface area contributed by atoms with Gasteiger partial charge in [-0.2, -0.15) is 0 Å². The first kappa shape index (κ1) is 12.0. The minimum atomic E-state index is -0.607. The quantitative estimate of drug-likeness (QED) is 0.742. The van der Waals surface area contributed by atoms with Gasteiger partial charge in [0.15, 0.2) is 0 Å². The van der Waals surface area contributed by atoms with Gasteiger partial charge in [-0.1, -0.05) is 27.2 Å². The van der Waals surface area contributed by atoms with Crippen LogP contribution < -0.4 is 0 Å². The van der Waals surface area contributed by atoms with Crippen LogP contribution in [0.5, 0.6) is 0 Å². The van der Waals surface area contributed by atoms with Crippen LogP contribution in [0.2, 0.25) is 0 Å². The minimum absolute atomic E-state index is 0.128. The Morgan fingerprint density at radius 3 is 2.36 bits per heavy atom. The number of aliphatic hydroxyl groups is 1. The van der Waals surface area contributed by atoms with Gasteiger partial charge in [0.1, 0.15) is 0 Å². The molecule has 1 N–H and O–H groups in total. The zero-order valence-electron chi connectivity index (χ0n) is 10.1. The highest BCUT2D eigenvalue weighted by molar-refractivity contribution is 4.99. The predicted molar refractivity (Wildman–Crippen MR) is 58.3 cm³/mol. The molecule has 0 aliphatic carbocycles. The molecule has 0 aromatic heterocycles. The Morgan fingerprint density at radius 2 is 1.93 bits per heavy atom. The monoisotopic (exact) mass is 200 g/mol. The fraction of sp³-hybridized carbons (Fsp3) is 1.00. The first-order chi connectivity index (χ1) is 6.31. The van der Waals surface area contributed by atoms with Crippen molar-refractivity contribution in [3.05, 3.63) is 0 Å². The van der Waals surface area contributed by atoms with Crippen molar-refractivity contribution in [2.75, 3.05) is 0 Å². The van der Waals surface area contributed by atoms with Gasteiger partial charge >= 0.3 is 0 Å². The Bertz CT molecular complexity index is 196. The van der Waals surface area contributed by atoms with E-state index in [1.807, 2.05) is 6.92 Å². The van der Waals surface area contributed by atoms with E-state index in [0.29, 0.717) is 0 Å². The van der Waals surface area contributed by atoms with E-state index in [9.17, 15) is 5.11 Å². The van der Waals surface area contributed by atoms with Gasteiger partial charge in [0.2, 0.25) is 0 Å². The van der Waals surface area contributed by atoms with Crippen molar-refractivity contribution in [1.29, 1.82) is 0 Å². The van der Waals surface area contributed by atoms with Crippen molar-refractivity contribution in [3.8, 4) is 0 Å². The molecule has 84 valence electrons. The van der Waals surface area contributed by atoms with Crippen molar-refractivity contribution in [1.82, 2.24) is 0 Å². The Kier molecular flexibility index (Phi) is 3.27. The highest BCUT2D eigenvalue weighted by atomic mass is 16.5. The molecule has 0 bridgehead atoms. The van der Waals surface area contributed by atoms with Crippen LogP contribution in [0, 0.1) is 5.41 Å². The van der Waals surface area contributed by atoms with E-state index < -0.39 is 5.60 Å². The summed E-state index contributed by atoms with van der Waals surface area (Å²) in [6.07, 6.45) is 3.30. The second-order valence-electron chi connectivity index (χ2n) is 5.39. The highest BCUT2D eigenvalue weighted by Gasteiger charge is 2.49. The van der Waals surface area contributed by atoms with Crippen LogP contribution in [0.3, 0.4) is 0 Å². The first-order valence-electron chi connectivity index (χ1n) is 5.69. The third-order valence-corrected chi connectivity index (χ3v) is 4.04. The molecule has 0 radical (unpaired) electrons. The van der Waals surface area contributed by atoms with Gasteiger partial charge in [-0.25, -0.2) is 0 Å². The molecule has 2 heteroatoms. The smallest absolute Gasteiger partial charge is 0.0719 e. The van der Waals surface area contributed by atoms with Crippen LogP contribution in [0.4, 0.5) is 0 Å². The number of rotatable bonds is 2. The van der Waals surface area contributed by atoms with Gasteiger partial charge in [-0.3, -0.25) is 0 Å². The van der Waals surface area contributed by atoms with Crippen LogP contribution >= 0.6 is 0 Å². The Labute approximate surface area is 87.7 Å². The van der Waals surface area contributed by atoms with Crippen LogP contribution in [0.15, 0.2) is 0 Å². The molecule has 0 spiro atoms. The van der Waals surface area contributed by atoms with Crippen LogP contribution in [-0.4, -0.2) is 22.9 Å². The van der Waals surface area contributed by atoms with Gasteiger partial charge in [-0.05, 0) is 20.3 Å². The zero-order valence-corrected chi connectivity index (χ0v) is 10.1. The first-order valence-corrected chi connectivity index (χ1v) is 5.69. The molecule has 0 saturated carbocycles. The lowest BCUT2D eigenvalue weighted by Gasteiger charge is -2.51. The van der Waals surface area contributed by atoms with Crippen molar-refractivity contribution in [3.63, 3.8) is 0 Å². The van der Waals surface area contributed by atoms with E-state index in [2.05, 4.69) is 27.7 Å². The minimum Gasteiger partial charge on any atom is -0.389 e. The maximum absolute atomic E-state index is 10.4. The van der Waals surface area contributed by atoms with Crippen LogP contribution in [0.1, 0.15) is 53.9 Å². The summed E-state index contributed by atoms with van der Waals surface area (Å²) in [6.45, 7) is 10.3. The molecule has 3 atom stereocenters. The maximum atomic E-state index is 10.4. The van der Waals surface area contributed by atoms with Gasteiger partial charge < -0.3 is 9.84 Å². The summed E-state index contributed by atoms with van der Waals surface area (Å²) in [7, 11) is 0. The molecule has 0 amide bonds. The fourth-order valence-electron chi connectivity index (χ4n) is 2.14. The van der Waals surface area contributed by atoms with Crippen LogP contribution in [0.25, 0.3) is 0 Å². The molecule has 1 rings (SSSR count). The molecule has 14 heavy (non-hydrogen) atoms. The third kappa shape index (κ3) is 1.96. The average Bonchev–Trinajstić information content (AvgIpc) is 2.01. The lowest BCUT2D eigenvalue weighted by Crippen LogP contribution is -2.56. The zero-order chi connectivity index (χ0) is 11.0. The fourth-order valence-corrected chi connectivity index (χ4v) is 2.14. The van der Waals surface area contributed by atoms with E-state index in [4.69, 9.17) is 4.74 Å². The van der Waals surface area contributed by atoms with Crippen molar-refractivity contribution in [2.45, 2.75) is 71.7 Å². The molecule has 1 aliphatic heterocycles. The second-order valence-corrected chi connectivity index (χ2v) is 5.39. The number of hydrogen-bond acceptors (Lipinski definition) is 2. The highest BCUT2D eigenvalue weighted by Crippen LogP contribution is 2.44. The molecule has 1 heterocycles. The molecule has 1 fully saturated rings. The van der Waals surface area contributed by atoms with Crippen molar-refractivity contribution < 1.29 is 9.84 Å². The summed E-state index contributed by atoms with van der Waals surface area (Å²) in [4.78, 5) is 0. The lowest BCUT2D eigenvalue weighted by atomic mass is 9.67. The van der Waals surface area contributed by atoms with Crippen molar-refractivity contribution >= 4 is 0 Å². The van der Waals surface area contributed by atoms with Crippen LogP contribution in [-0.2, 0) is 4.74 Å². The second kappa shape index (κ2) is 3.82. The molecule has 2 nitrogen and oxygen atoms in total. The summed E-state index contributed by atoms with van der Waals surface area (Å²) in [5.74, 6) is 0. The van der Waals surface area contributed by atoms with E-state index in [-0.39, 0.29) is 17.6 Å². The van der Waals surface area contributed by atoms with Gasteiger partial charge in [0, 0.05) is 11.8 Å². The van der Waals surface area contributed by atoms with E-state index in [1.54, 1.807) is 0 Å². The topological polar surface area (TPSA) is 29.5 Å². The molecular weight excluding hydrogens is 176 g/mol. The Hall–Kier alpha value is -0.0800. The third-order valence-electron chi connectivity index (χ3n) is 4.04. The van der Waals surface area contributed by atoms with Gasteiger partial charge in [0.25, 0.3) is 0 Å². The summed E-state index contributed by atoms with van der Waals surface area (Å²) >= 11 is 0. The maximum Gasteiger partial charge on any atom is 0.0719 e. The number of ether oxygens (including phenoxy) is 1. The molecule has 0 aromatic rings. The molecule has 1 saturated heterocycles. The van der Waals surface area contributed by atoms with E-state index in [1.165, 1.54) is 0 Å². The molecule has 3 unspecified atom stereocenters. The predicted octanol–water partition coefficient (Wildman–Crippen LogP) is 2.74. The average molecular weight is 200 g/mol. The standard InChI is InChI=1S/C12H24O2/c1-6-7-10-8-12(5,13)11(3,4)9(2)14-10/h9-10,13H,6-8H2,1-5H3. The molecule has 1 aliphatic rings. The molecular formula is C12H24O2. The Balaban J connectivity index is 2.75. The summed E-state index contributed by atoms with van der Waals surface area (Å²) < 4.78 is 5.92. The summed E-state index contributed by atoms with van der Waals surface area (Å²) in [5, 5.41) is 10.4. The summed E-state index contributed by atoms with van der Waals surface area (Å²) in [6, 6.07) is 0. The van der Waals surface area contributed by atoms with E-state index >= 15 is 0 Å². The van der Waals surface area contributed by atoms with Crippen molar-refractivity contribution in [2.24, 2.45) is 5.41 Å².